The van der Waals surface area contributed by atoms with Crippen LogP contribution in [0, 0.1) is 0 Å². The van der Waals surface area contributed by atoms with Crippen molar-refractivity contribution in [1.82, 2.24) is 0 Å². The van der Waals surface area contributed by atoms with E-state index in [0.29, 0.717) is 5.56 Å². The second kappa shape index (κ2) is 5.94. The molecule has 0 spiro atoms. The Morgan fingerprint density at radius 2 is 1.57 bits per heavy atom. The third kappa shape index (κ3) is 3.24. The topological polar surface area (TPSA) is 63.6 Å². The van der Waals surface area contributed by atoms with E-state index in [1.807, 2.05) is 9.47 Å². The molecule has 0 fully saturated rings. The van der Waals surface area contributed by atoms with Crippen LogP contribution < -0.4 is 0 Å². The molecule has 6 heteroatoms. The predicted molar refractivity (Wildman–Crippen MR) is 48.5 cm³/mol. The average Bonchev–Trinajstić information content (AvgIpc) is 2.17. The smallest absolute Gasteiger partial charge is 0.340 e. The summed E-state index contributed by atoms with van der Waals surface area (Å²) in [7, 11) is 1.83. The minimum atomic E-state index is -1.02. The Morgan fingerprint density at radius 1 is 1.14 bits per heavy atom. The van der Waals surface area contributed by atoms with Crippen molar-refractivity contribution in [2.24, 2.45) is 0 Å². The zero-order valence-corrected chi connectivity index (χ0v) is 9.50. The van der Waals surface area contributed by atoms with E-state index >= 15 is 0 Å². The summed E-state index contributed by atoms with van der Waals surface area (Å²) >= 11 is 0. The summed E-state index contributed by atoms with van der Waals surface area (Å²) in [4.78, 5) is 21.3. The van der Waals surface area contributed by atoms with Crippen molar-refractivity contribution in [2.75, 3.05) is 0 Å². The summed E-state index contributed by atoms with van der Waals surface area (Å²) < 4.78 is 4.37. The second-order valence-corrected chi connectivity index (χ2v) is 2.52. The van der Waals surface area contributed by atoms with Crippen LogP contribution in [0.3, 0.4) is 0 Å². The van der Waals surface area contributed by atoms with Crippen molar-refractivity contribution in [3.63, 3.8) is 0 Å². The van der Waals surface area contributed by atoms with Gasteiger partial charge in [-0.2, -0.15) is 0 Å². The molecule has 0 bridgehead atoms. The zero-order chi connectivity index (χ0) is 9.84. The molecule has 0 saturated heterocycles. The van der Waals surface area contributed by atoms with Crippen LogP contribution in [0.15, 0.2) is 24.3 Å². The molecule has 0 aliphatic heterocycles. The van der Waals surface area contributed by atoms with Gasteiger partial charge in [-0.05, 0) is 24.3 Å². The zero-order valence-electron chi connectivity index (χ0n) is 6.86. The Balaban J connectivity index is 0.00000169. The molecule has 0 aromatic heterocycles. The molecule has 1 atom stereocenters. The minimum Gasteiger partial charge on any atom is -0.478 e. The second-order valence-electron chi connectivity index (χ2n) is 2.29. The molecule has 0 saturated carbocycles. The molecule has 0 heterocycles. The summed E-state index contributed by atoms with van der Waals surface area (Å²) in [5, 5.41) is 8.55. The van der Waals surface area contributed by atoms with Crippen molar-refractivity contribution in [1.29, 1.82) is 0 Å². The fourth-order valence-corrected chi connectivity index (χ4v) is 0.953. The molecule has 1 aromatic rings. The molecule has 1 aromatic carbocycles. The van der Waals surface area contributed by atoms with Crippen molar-refractivity contribution < 1.29 is 41.6 Å². The van der Waals surface area contributed by atoms with Crippen molar-refractivity contribution in [2.45, 2.75) is 0 Å². The molecule has 4 nitrogen and oxygen atoms in total. The summed E-state index contributed by atoms with van der Waals surface area (Å²) in [5.41, 5.74) is 0.459. The number of carboxylic acid groups (broad SMARTS) is 1. The first-order valence-corrected chi connectivity index (χ1v) is 3.86. The van der Waals surface area contributed by atoms with E-state index in [-0.39, 0.29) is 27.9 Å². The van der Waals surface area contributed by atoms with Gasteiger partial charge in [0.15, 0.2) is 0 Å². The maximum Gasteiger partial charge on any atom is 0.340 e. The molecule has 14 heavy (non-hydrogen) atoms. The molecule has 1 unspecified atom stereocenters. The van der Waals surface area contributed by atoms with Gasteiger partial charge in [0.2, 0.25) is 0 Å². The van der Waals surface area contributed by atoms with E-state index in [2.05, 4.69) is 4.52 Å². The van der Waals surface area contributed by atoms with Crippen molar-refractivity contribution in [3.8, 4) is 0 Å². The largest absolute Gasteiger partial charge is 0.478 e. The van der Waals surface area contributed by atoms with E-state index in [0.717, 1.165) is 0 Å². The molecule has 79 valence electrons. The summed E-state index contributed by atoms with van der Waals surface area (Å²) in [6, 6.07) is 5.49. The number of carbonyl (C=O) groups is 2. The Hall–Kier alpha value is -0.670. The molecule has 0 aliphatic rings. The number of rotatable bonds is 2. The predicted octanol–water partition coefficient (Wildman–Crippen LogP) is 1.33. The van der Waals surface area contributed by atoms with Crippen LogP contribution in [0.5, 0.6) is 0 Å². The first-order valence-electron chi connectivity index (χ1n) is 3.39. The van der Waals surface area contributed by atoms with Crippen LogP contribution in [-0.2, 0) is 26.9 Å². The van der Waals surface area contributed by atoms with E-state index in [1.54, 1.807) is 0 Å². The van der Waals surface area contributed by atoms with Gasteiger partial charge in [0, 0.05) is 22.4 Å². The standard InChI is InChI=1S/C8H7O4P.Ag/c9-7(10)5-1-3-6(4-2-5)8(11)12-13;/h1-4H,13H2,(H,9,10);. The Bertz CT molecular complexity index is 336. The molecule has 1 N–H and O–H groups in total. The first kappa shape index (κ1) is 13.3. The van der Waals surface area contributed by atoms with E-state index in [9.17, 15) is 9.59 Å². The van der Waals surface area contributed by atoms with E-state index < -0.39 is 11.9 Å². The minimum absolute atomic E-state index is 0. The average molecular weight is 306 g/mol. The molecule has 0 aliphatic carbocycles. The van der Waals surface area contributed by atoms with Crippen LogP contribution >= 0.6 is 9.47 Å². The monoisotopic (exact) mass is 305 g/mol. The van der Waals surface area contributed by atoms with E-state index in [4.69, 9.17) is 5.11 Å². The van der Waals surface area contributed by atoms with Crippen LogP contribution in [0.25, 0.3) is 0 Å². The fourth-order valence-electron chi connectivity index (χ4n) is 0.817. The molecule has 1 rings (SSSR count). The van der Waals surface area contributed by atoms with Gasteiger partial charge in [-0.25, -0.2) is 9.59 Å². The first-order chi connectivity index (χ1) is 6.15. The van der Waals surface area contributed by atoms with Crippen LogP contribution in [0.4, 0.5) is 0 Å². The van der Waals surface area contributed by atoms with E-state index in [1.165, 1.54) is 24.3 Å². The van der Waals surface area contributed by atoms with Gasteiger partial charge in [0.25, 0.3) is 0 Å². The molecule has 0 amide bonds. The molecular weight excluding hydrogens is 299 g/mol. The van der Waals surface area contributed by atoms with Gasteiger partial charge in [-0.15, -0.1) is 0 Å². The maximum atomic E-state index is 10.9. The number of benzene rings is 1. The van der Waals surface area contributed by atoms with Crippen molar-refractivity contribution in [3.05, 3.63) is 35.4 Å². The van der Waals surface area contributed by atoms with Crippen LogP contribution in [0.1, 0.15) is 20.7 Å². The van der Waals surface area contributed by atoms with Gasteiger partial charge in [-0.1, -0.05) is 0 Å². The van der Waals surface area contributed by atoms with Gasteiger partial charge >= 0.3 is 11.9 Å². The van der Waals surface area contributed by atoms with Gasteiger partial charge in [0.1, 0.15) is 0 Å². The van der Waals surface area contributed by atoms with Crippen LogP contribution in [0.2, 0.25) is 0 Å². The quantitative estimate of drug-likeness (QED) is 0.661. The number of hydrogen-bond donors (Lipinski definition) is 1. The van der Waals surface area contributed by atoms with Gasteiger partial charge in [-0.3, -0.25) is 0 Å². The third-order valence-corrected chi connectivity index (χ3v) is 1.69. The van der Waals surface area contributed by atoms with Gasteiger partial charge < -0.3 is 9.63 Å². The summed E-state index contributed by atoms with van der Waals surface area (Å²) in [6.07, 6.45) is 0. The summed E-state index contributed by atoms with van der Waals surface area (Å²) in [5.74, 6) is -1.53. The Morgan fingerprint density at radius 3 is 1.93 bits per heavy atom. The maximum absolute atomic E-state index is 10.9. The fraction of sp³-hybridized carbons (Fsp3) is 0. The Labute approximate surface area is 98.4 Å². The SMILES string of the molecule is O=C(O)c1ccc(C(=O)OP)cc1.[Ag]. The number of aromatic carboxylic acids is 1. The third-order valence-electron chi connectivity index (χ3n) is 1.47. The normalized spacial score (nSPS) is 8.64. The number of hydrogen-bond acceptors (Lipinski definition) is 3. The Kier molecular flexibility index (Phi) is 5.65. The number of carboxylic acids is 1. The van der Waals surface area contributed by atoms with Gasteiger partial charge in [0.05, 0.1) is 20.6 Å². The van der Waals surface area contributed by atoms with Crippen molar-refractivity contribution >= 4 is 21.4 Å². The van der Waals surface area contributed by atoms with Crippen LogP contribution in [-0.4, -0.2) is 17.0 Å². The molecule has 1 radical (unpaired) electrons. The number of carbonyl (C=O) groups excluding carboxylic acids is 1. The molecular formula is C8H7AgO4P. The summed E-state index contributed by atoms with van der Waals surface area (Å²) in [6.45, 7) is 0.